The topological polar surface area (TPSA) is 30.3 Å². The van der Waals surface area contributed by atoms with Crippen LogP contribution in [0.15, 0.2) is 24.3 Å². The molecule has 0 radical (unpaired) electrons. The molecule has 2 rings (SSSR count). The van der Waals surface area contributed by atoms with E-state index in [1.54, 1.807) is 0 Å². The average molecular weight is 245 g/mol. The smallest absolute Gasteiger partial charge is 0.0991 e. The average Bonchev–Trinajstić information content (AvgIpc) is 2.44. The highest BCUT2D eigenvalue weighted by molar-refractivity contribution is 5.31. The minimum Gasteiger partial charge on any atom is -0.304 e. The van der Waals surface area contributed by atoms with Crippen LogP contribution in [-0.4, -0.2) is 43.0 Å². The van der Waals surface area contributed by atoms with Gasteiger partial charge in [-0.1, -0.05) is 26.0 Å². The van der Waals surface area contributed by atoms with Gasteiger partial charge in [-0.05, 0) is 24.7 Å². The Bertz CT molecular complexity index is 370. The zero-order valence-corrected chi connectivity index (χ0v) is 11.7. The van der Waals surface area contributed by atoms with Gasteiger partial charge in [0.2, 0.25) is 0 Å². The molecule has 0 N–H and O–H groups in total. The zero-order valence-electron chi connectivity index (χ0n) is 11.7. The zero-order chi connectivity index (χ0) is 13.4. The van der Waals surface area contributed by atoms with Gasteiger partial charge in [0, 0.05) is 32.7 Å². The second-order valence-electron chi connectivity index (χ2n) is 4.39. The van der Waals surface area contributed by atoms with Crippen molar-refractivity contribution in [3.05, 3.63) is 35.4 Å². The van der Waals surface area contributed by atoms with Crippen molar-refractivity contribution in [1.82, 2.24) is 9.80 Å². The molecule has 3 nitrogen and oxygen atoms in total. The number of nitrogens with zero attached hydrogens (tertiary/aromatic N) is 3. The van der Waals surface area contributed by atoms with E-state index in [1.165, 1.54) is 5.56 Å². The van der Waals surface area contributed by atoms with Gasteiger partial charge >= 0.3 is 0 Å². The van der Waals surface area contributed by atoms with E-state index in [1.807, 2.05) is 26.0 Å². The lowest BCUT2D eigenvalue weighted by atomic mass is 10.1. The summed E-state index contributed by atoms with van der Waals surface area (Å²) in [6.07, 6.45) is 0. The van der Waals surface area contributed by atoms with Crippen LogP contribution in [0.4, 0.5) is 0 Å². The molecule has 0 aromatic heterocycles. The fourth-order valence-electron chi connectivity index (χ4n) is 1.95. The van der Waals surface area contributed by atoms with Crippen LogP contribution >= 0.6 is 0 Å². The third-order valence-corrected chi connectivity index (χ3v) is 3.09. The Labute approximate surface area is 111 Å². The molecule has 0 saturated carbocycles. The van der Waals surface area contributed by atoms with Crippen LogP contribution in [-0.2, 0) is 6.54 Å². The lowest BCUT2D eigenvalue weighted by molar-refractivity contribution is 0.148. The van der Waals surface area contributed by atoms with Gasteiger partial charge in [0.05, 0.1) is 11.6 Å². The van der Waals surface area contributed by atoms with E-state index >= 15 is 0 Å². The first-order valence-corrected chi connectivity index (χ1v) is 6.68. The fourth-order valence-corrected chi connectivity index (χ4v) is 1.95. The van der Waals surface area contributed by atoms with E-state index in [9.17, 15) is 0 Å². The number of hydrogen-bond donors (Lipinski definition) is 0. The molecule has 3 heteroatoms. The molecule has 0 amide bonds. The van der Waals surface area contributed by atoms with Gasteiger partial charge in [-0.15, -0.1) is 0 Å². The lowest BCUT2D eigenvalue weighted by Gasteiger charge is -2.32. The summed E-state index contributed by atoms with van der Waals surface area (Å²) in [6, 6.07) is 10.0. The molecule has 0 unspecified atom stereocenters. The van der Waals surface area contributed by atoms with E-state index < -0.39 is 0 Å². The minimum absolute atomic E-state index is 0.738. The molecule has 0 atom stereocenters. The number of rotatable bonds is 2. The summed E-state index contributed by atoms with van der Waals surface area (Å²) in [6.45, 7) is 9.57. The molecule has 98 valence electrons. The monoisotopic (exact) mass is 245 g/mol. The normalized spacial score (nSPS) is 16.6. The SMILES string of the molecule is CC.CN1CCN(Cc2ccc(C#N)cc2)CC1. The van der Waals surface area contributed by atoms with Crippen molar-refractivity contribution in [2.75, 3.05) is 33.2 Å². The van der Waals surface area contributed by atoms with Crippen LogP contribution in [0, 0.1) is 11.3 Å². The van der Waals surface area contributed by atoms with Crippen LogP contribution in [0.1, 0.15) is 25.0 Å². The Morgan fingerprint density at radius 3 is 2.11 bits per heavy atom. The van der Waals surface area contributed by atoms with Crippen LogP contribution in [0.5, 0.6) is 0 Å². The first-order valence-electron chi connectivity index (χ1n) is 6.68. The van der Waals surface area contributed by atoms with Crippen molar-refractivity contribution in [1.29, 1.82) is 5.26 Å². The molecule has 0 spiro atoms. The summed E-state index contributed by atoms with van der Waals surface area (Å²) in [5.74, 6) is 0. The summed E-state index contributed by atoms with van der Waals surface area (Å²) >= 11 is 0. The van der Waals surface area contributed by atoms with Crippen LogP contribution < -0.4 is 0 Å². The molecular formula is C15H23N3. The van der Waals surface area contributed by atoms with Gasteiger partial charge in [0.25, 0.3) is 0 Å². The summed E-state index contributed by atoms with van der Waals surface area (Å²) in [5, 5.41) is 8.71. The Morgan fingerprint density at radius 2 is 1.61 bits per heavy atom. The highest BCUT2D eigenvalue weighted by Crippen LogP contribution is 2.09. The molecule has 1 aromatic carbocycles. The standard InChI is InChI=1S/C13H17N3.C2H6/c1-15-6-8-16(9-7-15)11-13-4-2-12(10-14)3-5-13;1-2/h2-5H,6-9,11H2,1H3;1-2H3. The maximum atomic E-state index is 8.71. The van der Waals surface area contributed by atoms with Crippen LogP contribution in [0.2, 0.25) is 0 Å². The molecule has 18 heavy (non-hydrogen) atoms. The maximum Gasteiger partial charge on any atom is 0.0991 e. The predicted octanol–water partition coefficient (Wildman–Crippen LogP) is 2.33. The van der Waals surface area contributed by atoms with Crippen LogP contribution in [0.25, 0.3) is 0 Å². The van der Waals surface area contributed by atoms with Crippen molar-refractivity contribution in [2.24, 2.45) is 0 Å². The first-order chi connectivity index (χ1) is 8.78. The van der Waals surface area contributed by atoms with Crippen LogP contribution in [0.3, 0.4) is 0 Å². The molecular weight excluding hydrogens is 222 g/mol. The molecule has 0 aliphatic carbocycles. The Morgan fingerprint density at radius 1 is 1.06 bits per heavy atom. The maximum absolute atomic E-state index is 8.71. The summed E-state index contributed by atoms with van der Waals surface area (Å²) < 4.78 is 0. The van der Waals surface area contributed by atoms with Gasteiger partial charge in [-0.25, -0.2) is 0 Å². The van der Waals surface area contributed by atoms with Gasteiger partial charge in [0.1, 0.15) is 0 Å². The molecule has 1 heterocycles. The number of nitriles is 1. The quantitative estimate of drug-likeness (QED) is 0.801. The Hall–Kier alpha value is -1.37. The second-order valence-corrected chi connectivity index (χ2v) is 4.39. The van der Waals surface area contributed by atoms with Crippen molar-refractivity contribution < 1.29 is 0 Å². The summed E-state index contributed by atoms with van der Waals surface area (Å²) in [5.41, 5.74) is 2.03. The van der Waals surface area contributed by atoms with Crippen molar-refractivity contribution in [2.45, 2.75) is 20.4 Å². The lowest BCUT2D eigenvalue weighted by Crippen LogP contribution is -2.43. The summed E-state index contributed by atoms with van der Waals surface area (Å²) in [7, 11) is 2.17. The van der Waals surface area contributed by atoms with E-state index in [-0.39, 0.29) is 0 Å². The fraction of sp³-hybridized carbons (Fsp3) is 0.533. The molecule has 0 bridgehead atoms. The molecule has 1 aromatic rings. The number of piperazine rings is 1. The van der Waals surface area contributed by atoms with E-state index in [4.69, 9.17) is 5.26 Å². The highest BCUT2D eigenvalue weighted by Gasteiger charge is 2.13. The van der Waals surface area contributed by atoms with Crippen molar-refractivity contribution in [3.63, 3.8) is 0 Å². The highest BCUT2D eigenvalue weighted by atomic mass is 15.2. The van der Waals surface area contributed by atoms with Gasteiger partial charge in [-0.2, -0.15) is 5.26 Å². The van der Waals surface area contributed by atoms with Crippen molar-refractivity contribution in [3.8, 4) is 6.07 Å². The first kappa shape index (κ1) is 14.7. The van der Waals surface area contributed by atoms with Gasteiger partial charge < -0.3 is 4.90 Å². The molecule has 1 saturated heterocycles. The third-order valence-electron chi connectivity index (χ3n) is 3.09. The molecule has 1 aliphatic heterocycles. The molecule has 1 aliphatic rings. The minimum atomic E-state index is 0.738. The molecule has 1 fully saturated rings. The van der Waals surface area contributed by atoms with E-state index in [0.717, 1.165) is 38.3 Å². The Kier molecular flexibility index (Phi) is 6.42. The summed E-state index contributed by atoms with van der Waals surface area (Å²) in [4.78, 5) is 4.82. The van der Waals surface area contributed by atoms with E-state index in [2.05, 4.69) is 35.0 Å². The number of hydrogen-bond acceptors (Lipinski definition) is 3. The number of likely N-dealkylation sites (N-methyl/N-ethyl adjacent to an activating group) is 1. The number of benzene rings is 1. The third kappa shape index (κ3) is 4.48. The van der Waals surface area contributed by atoms with Gasteiger partial charge in [0.15, 0.2) is 0 Å². The largest absolute Gasteiger partial charge is 0.304 e. The van der Waals surface area contributed by atoms with Crippen molar-refractivity contribution >= 4 is 0 Å². The second kappa shape index (κ2) is 7.86. The van der Waals surface area contributed by atoms with Gasteiger partial charge in [-0.3, -0.25) is 4.90 Å². The Balaban J connectivity index is 0.000000771. The predicted molar refractivity (Wildman–Crippen MR) is 75.3 cm³/mol. The van der Waals surface area contributed by atoms with E-state index in [0.29, 0.717) is 0 Å².